The van der Waals surface area contributed by atoms with E-state index in [1.807, 2.05) is 0 Å². The summed E-state index contributed by atoms with van der Waals surface area (Å²) in [5, 5.41) is 0. The van der Waals surface area contributed by atoms with Crippen molar-refractivity contribution >= 4 is 12.2 Å². The minimum atomic E-state index is 0. The summed E-state index contributed by atoms with van der Waals surface area (Å²) >= 11 is 0. The van der Waals surface area contributed by atoms with Gasteiger partial charge in [0.15, 0.2) is 0 Å². The van der Waals surface area contributed by atoms with Gasteiger partial charge >= 0.3 is 26.2 Å². The van der Waals surface area contributed by atoms with Gasteiger partial charge in [-0.1, -0.05) is 92.6 Å². The Morgan fingerprint density at radius 2 is 1.30 bits per heavy atom. The molecule has 2 aliphatic carbocycles. The predicted molar refractivity (Wildman–Crippen MR) is 116 cm³/mol. The molecule has 0 spiro atoms. The first kappa shape index (κ1) is 27.0. The number of benzene rings is 2. The van der Waals surface area contributed by atoms with Crippen molar-refractivity contribution in [2.75, 3.05) is 0 Å². The van der Waals surface area contributed by atoms with E-state index in [2.05, 4.69) is 85.7 Å². The molecule has 30 heavy (non-hydrogen) atoms. The molecule has 2 aliphatic rings. The van der Waals surface area contributed by atoms with Crippen LogP contribution in [-0.4, -0.2) is 0 Å². The zero-order chi connectivity index (χ0) is 18.7. The summed E-state index contributed by atoms with van der Waals surface area (Å²) < 4.78 is 0. The van der Waals surface area contributed by atoms with Gasteiger partial charge in [0.1, 0.15) is 0 Å². The van der Waals surface area contributed by atoms with Gasteiger partial charge in [-0.25, -0.2) is 0 Å². The van der Waals surface area contributed by atoms with Crippen molar-refractivity contribution < 1.29 is 51.0 Å². The fourth-order valence-electron chi connectivity index (χ4n) is 5.06. The Kier molecular flexibility index (Phi) is 10.9. The molecule has 154 valence electrons. The second-order valence-corrected chi connectivity index (χ2v) is 8.20. The van der Waals surface area contributed by atoms with Crippen molar-refractivity contribution in [2.45, 2.75) is 50.9 Å². The first-order valence-corrected chi connectivity index (χ1v) is 10.2. The molecule has 0 heterocycles. The average molecular weight is 515 g/mol. The molecule has 0 N–H and O–H groups in total. The predicted octanol–water partition coefficient (Wildman–Crippen LogP) is 1.20. The van der Waals surface area contributed by atoms with Crippen molar-refractivity contribution in [3.63, 3.8) is 0 Å². The van der Waals surface area contributed by atoms with Gasteiger partial charge < -0.3 is 24.8 Å². The van der Waals surface area contributed by atoms with Crippen LogP contribution in [0.25, 0.3) is 12.2 Å². The maximum Gasteiger partial charge on any atom is 2.00 e. The van der Waals surface area contributed by atoms with E-state index in [-0.39, 0.29) is 56.4 Å². The number of terminal acetylenes is 1. The summed E-state index contributed by atoms with van der Waals surface area (Å²) in [6.45, 7) is 2.50. The average Bonchev–Trinajstić information content (AvgIpc) is 3.32. The molecule has 0 aromatic heterocycles. The second kappa shape index (κ2) is 12.1. The fraction of sp³-hybridized carbons (Fsp3) is 0.333. The molecule has 0 nitrogen and oxygen atoms in total. The standard InChI is InChI=1S/C27H28.2ClH.Zr/c1-3-4-5-6-11-20-27(2,25-18-16-21-12-7-9-14-23(21)25)26-19-17-22-13-8-10-15-24(22)26;;;/h1,7-10,12-19,25-26H,4-6,11,20H2,2H3;2*1H;/q;;;+2/p-2. The van der Waals surface area contributed by atoms with Crippen molar-refractivity contribution in [3.05, 3.63) is 82.9 Å². The van der Waals surface area contributed by atoms with Gasteiger partial charge in [0, 0.05) is 18.3 Å². The number of hydrogen-bond donors (Lipinski definition) is 0. The Morgan fingerprint density at radius 3 is 1.80 bits per heavy atom. The smallest absolute Gasteiger partial charge is 1.00 e. The number of rotatable bonds is 7. The number of fused-ring (bicyclic) bond motifs is 2. The number of allylic oxidation sites excluding steroid dienone is 2. The van der Waals surface area contributed by atoms with E-state index in [1.165, 1.54) is 41.5 Å². The van der Waals surface area contributed by atoms with E-state index in [4.69, 9.17) is 6.42 Å². The summed E-state index contributed by atoms with van der Waals surface area (Å²) in [5.74, 6) is 3.70. The summed E-state index contributed by atoms with van der Waals surface area (Å²) in [4.78, 5) is 0. The van der Waals surface area contributed by atoms with Crippen molar-refractivity contribution in [1.29, 1.82) is 0 Å². The van der Waals surface area contributed by atoms with Gasteiger partial charge in [0.2, 0.25) is 0 Å². The largest absolute Gasteiger partial charge is 2.00 e. The van der Waals surface area contributed by atoms with Crippen LogP contribution < -0.4 is 24.8 Å². The van der Waals surface area contributed by atoms with Crippen LogP contribution in [0.15, 0.2) is 60.7 Å². The molecule has 0 radical (unpaired) electrons. The van der Waals surface area contributed by atoms with Gasteiger partial charge in [-0.2, -0.15) is 0 Å². The topological polar surface area (TPSA) is 0 Å². The van der Waals surface area contributed by atoms with Crippen molar-refractivity contribution in [2.24, 2.45) is 5.41 Å². The van der Waals surface area contributed by atoms with E-state index in [9.17, 15) is 0 Å². The maximum atomic E-state index is 5.43. The second-order valence-electron chi connectivity index (χ2n) is 8.20. The molecule has 2 atom stereocenters. The van der Waals surface area contributed by atoms with Crippen LogP contribution in [0.3, 0.4) is 0 Å². The monoisotopic (exact) mass is 512 g/mol. The fourth-order valence-corrected chi connectivity index (χ4v) is 5.06. The van der Waals surface area contributed by atoms with Gasteiger partial charge in [0.05, 0.1) is 0 Å². The molecule has 2 aromatic rings. The number of hydrogen-bond acceptors (Lipinski definition) is 0. The Balaban J connectivity index is 0.00000150. The van der Waals surface area contributed by atoms with Crippen LogP contribution in [0.2, 0.25) is 0 Å². The molecule has 0 saturated carbocycles. The van der Waals surface area contributed by atoms with Crippen LogP contribution in [0.1, 0.15) is 73.1 Å². The molecule has 0 aliphatic heterocycles. The number of unbranched alkanes of at least 4 members (excludes halogenated alkanes) is 3. The van der Waals surface area contributed by atoms with Gasteiger partial charge in [-0.3, -0.25) is 0 Å². The molecule has 0 amide bonds. The Bertz CT molecular complexity index is 861. The van der Waals surface area contributed by atoms with E-state index >= 15 is 0 Å². The van der Waals surface area contributed by atoms with Crippen LogP contribution in [-0.2, 0) is 26.2 Å². The van der Waals surface area contributed by atoms with E-state index < -0.39 is 0 Å². The van der Waals surface area contributed by atoms with Crippen LogP contribution in [0, 0.1) is 17.8 Å². The van der Waals surface area contributed by atoms with Crippen molar-refractivity contribution in [1.82, 2.24) is 0 Å². The van der Waals surface area contributed by atoms with Gasteiger partial charge in [-0.15, -0.1) is 12.3 Å². The van der Waals surface area contributed by atoms with Gasteiger partial charge in [-0.05, 0) is 40.5 Å². The normalized spacial score (nSPS) is 19.3. The Hall–Kier alpha value is -1.06. The molecule has 2 aromatic carbocycles. The Morgan fingerprint density at radius 1 is 0.800 bits per heavy atom. The third-order valence-electron chi connectivity index (χ3n) is 6.56. The van der Waals surface area contributed by atoms with Crippen LogP contribution in [0.5, 0.6) is 0 Å². The number of halogens is 2. The quantitative estimate of drug-likeness (QED) is 0.385. The minimum absolute atomic E-state index is 0. The summed E-state index contributed by atoms with van der Waals surface area (Å²) in [6, 6.07) is 17.8. The molecule has 0 bridgehead atoms. The zero-order valence-electron chi connectivity index (χ0n) is 17.5. The molecular formula is C27H28Cl2Zr. The molecule has 4 rings (SSSR count). The zero-order valence-corrected chi connectivity index (χ0v) is 21.4. The SMILES string of the molecule is C#CCCCCCC(C)(C1C=Cc2ccccc21)C1C=Cc2ccccc21.[Cl-].[Cl-].[Zr+2]. The summed E-state index contributed by atoms with van der Waals surface area (Å²) in [6.07, 6.45) is 20.7. The van der Waals surface area contributed by atoms with Crippen LogP contribution in [0.4, 0.5) is 0 Å². The molecule has 0 saturated heterocycles. The minimum Gasteiger partial charge on any atom is -1.00 e. The van der Waals surface area contributed by atoms with Gasteiger partial charge in [0.25, 0.3) is 0 Å². The first-order valence-electron chi connectivity index (χ1n) is 10.2. The van der Waals surface area contributed by atoms with Crippen LogP contribution >= 0.6 is 0 Å². The maximum absolute atomic E-state index is 5.43. The molecule has 2 unspecified atom stereocenters. The summed E-state index contributed by atoms with van der Waals surface area (Å²) in [7, 11) is 0. The van der Waals surface area contributed by atoms with Crippen molar-refractivity contribution in [3.8, 4) is 12.3 Å². The molecule has 0 fully saturated rings. The third kappa shape index (κ3) is 5.22. The van der Waals surface area contributed by atoms with E-state index in [0.29, 0.717) is 11.8 Å². The first-order chi connectivity index (χ1) is 13.2. The Labute approximate surface area is 213 Å². The summed E-state index contributed by atoms with van der Waals surface area (Å²) in [5.41, 5.74) is 5.91. The van der Waals surface area contributed by atoms with E-state index in [0.717, 1.165) is 12.8 Å². The van der Waals surface area contributed by atoms with E-state index in [1.54, 1.807) is 0 Å². The third-order valence-corrected chi connectivity index (χ3v) is 6.56. The molecular weight excluding hydrogens is 486 g/mol. The molecule has 3 heteroatoms.